The molecule has 6 nitrogen and oxygen atoms in total. The van der Waals surface area contributed by atoms with Crippen LogP contribution in [0.4, 0.5) is 0 Å². The maximum absolute atomic E-state index is 11.3. The first-order valence-corrected chi connectivity index (χ1v) is 9.21. The summed E-state index contributed by atoms with van der Waals surface area (Å²) < 4.78 is 16.5. The number of rotatable bonds is 5. The first-order valence-electron chi connectivity index (χ1n) is 9.21. The highest BCUT2D eigenvalue weighted by molar-refractivity contribution is 5.54. The van der Waals surface area contributed by atoms with Gasteiger partial charge in [0, 0.05) is 18.5 Å². The van der Waals surface area contributed by atoms with Gasteiger partial charge in [-0.2, -0.15) is 5.26 Å². The molecule has 2 fully saturated rings. The van der Waals surface area contributed by atoms with Gasteiger partial charge in [-0.15, -0.1) is 0 Å². The van der Waals surface area contributed by atoms with E-state index in [4.69, 9.17) is 14.2 Å². The van der Waals surface area contributed by atoms with Crippen molar-refractivity contribution in [3.05, 3.63) is 17.7 Å². The highest BCUT2D eigenvalue weighted by Crippen LogP contribution is 2.51. The molecule has 0 spiro atoms. The summed E-state index contributed by atoms with van der Waals surface area (Å²) in [6.07, 6.45) is 4.68. The van der Waals surface area contributed by atoms with Gasteiger partial charge in [0.05, 0.1) is 39.5 Å². The normalized spacial score (nSPS) is 28.7. The summed E-state index contributed by atoms with van der Waals surface area (Å²) in [4.78, 5) is 2.17. The molecule has 0 radical (unpaired) electrons. The molecule has 3 rings (SSSR count). The third kappa shape index (κ3) is 3.22. The number of methoxy groups -OCH3 is 3. The number of likely N-dealkylation sites (tertiary alicyclic amines) is 1. The minimum atomic E-state index is -0.657. The summed E-state index contributed by atoms with van der Waals surface area (Å²) in [6.45, 7) is 1.05. The highest BCUT2D eigenvalue weighted by Gasteiger charge is 2.49. The predicted octanol–water partition coefficient (Wildman–Crippen LogP) is 2.90. The van der Waals surface area contributed by atoms with E-state index >= 15 is 0 Å². The van der Waals surface area contributed by atoms with Crippen molar-refractivity contribution in [3.8, 4) is 23.3 Å². The Morgan fingerprint density at radius 3 is 2.42 bits per heavy atom. The lowest BCUT2D eigenvalue weighted by molar-refractivity contribution is -0.121. The van der Waals surface area contributed by atoms with E-state index in [0.717, 1.165) is 37.7 Å². The lowest BCUT2D eigenvalue weighted by Gasteiger charge is -2.52. The van der Waals surface area contributed by atoms with Gasteiger partial charge in [-0.1, -0.05) is 12.8 Å². The number of aliphatic hydroxyl groups is 1. The molecule has 1 heterocycles. The number of nitriles is 1. The molecule has 3 atom stereocenters. The second kappa shape index (κ2) is 7.73. The molecule has 0 bridgehead atoms. The summed E-state index contributed by atoms with van der Waals surface area (Å²) in [7, 11) is 4.79. The second-order valence-electron chi connectivity index (χ2n) is 7.24. The lowest BCUT2D eigenvalue weighted by atomic mass is 9.66. The fraction of sp³-hybridized carbons (Fsp3) is 0.650. The Hall–Kier alpha value is -1.97. The summed E-state index contributed by atoms with van der Waals surface area (Å²) in [5, 5.41) is 20.6. The molecular weight excluding hydrogens is 332 g/mol. The number of piperidine rings is 1. The number of hydrogen-bond donors (Lipinski definition) is 1. The average Bonchev–Trinajstić information content (AvgIpc) is 2.66. The number of benzene rings is 1. The molecule has 1 aliphatic carbocycles. The van der Waals surface area contributed by atoms with Crippen molar-refractivity contribution in [2.24, 2.45) is 5.92 Å². The third-order valence-corrected chi connectivity index (χ3v) is 5.97. The SMILES string of the molecule is COc1cc([C@@H]2[C@@H]3CCCC[C@]3(O)CCN2CC#N)cc(OC)c1OC. The van der Waals surface area contributed by atoms with Crippen LogP contribution in [-0.2, 0) is 0 Å². The van der Waals surface area contributed by atoms with Crippen molar-refractivity contribution in [3.63, 3.8) is 0 Å². The first-order chi connectivity index (χ1) is 12.6. The smallest absolute Gasteiger partial charge is 0.203 e. The van der Waals surface area contributed by atoms with Crippen LogP contribution in [0.1, 0.15) is 43.7 Å². The first kappa shape index (κ1) is 18.8. The van der Waals surface area contributed by atoms with Crippen LogP contribution in [0, 0.1) is 17.2 Å². The molecule has 0 aromatic heterocycles. The van der Waals surface area contributed by atoms with E-state index in [-0.39, 0.29) is 12.0 Å². The maximum atomic E-state index is 11.3. The second-order valence-corrected chi connectivity index (χ2v) is 7.24. The summed E-state index contributed by atoms with van der Waals surface area (Å²) in [5.41, 5.74) is 0.342. The molecule has 1 saturated carbocycles. The van der Waals surface area contributed by atoms with Crippen LogP contribution in [-0.4, -0.2) is 50.0 Å². The van der Waals surface area contributed by atoms with E-state index in [1.807, 2.05) is 12.1 Å². The van der Waals surface area contributed by atoms with Gasteiger partial charge in [0.25, 0.3) is 0 Å². The van der Waals surface area contributed by atoms with Crippen LogP contribution in [0.25, 0.3) is 0 Å². The molecule has 0 unspecified atom stereocenters. The molecule has 6 heteroatoms. The molecule has 1 aromatic carbocycles. The molecule has 1 aliphatic heterocycles. The highest BCUT2D eigenvalue weighted by atomic mass is 16.5. The largest absolute Gasteiger partial charge is 0.493 e. The van der Waals surface area contributed by atoms with E-state index in [1.165, 1.54) is 0 Å². The fourth-order valence-corrected chi connectivity index (χ4v) is 4.73. The van der Waals surface area contributed by atoms with Crippen LogP contribution in [0.15, 0.2) is 12.1 Å². The van der Waals surface area contributed by atoms with Crippen LogP contribution >= 0.6 is 0 Å². The Morgan fingerprint density at radius 1 is 1.15 bits per heavy atom. The third-order valence-electron chi connectivity index (χ3n) is 5.97. The minimum Gasteiger partial charge on any atom is -0.493 e. The quantitative estimate of drug-likeness (QED) is 0.814. The van der Waals surface area contributed by atoms with E-state index in [2.05, 4.69) is 11.0 Å². The van der Waals surface area contributed by atoms with Gasteiger partial charge in [0.1, 0.15) is 0 Å². The molecule has 2 aliphatic rings. The zero-order chi connectivity index (χ0) is 18.7. The molecule has 0 amide bonds. The van der Waals surface area contributed by atoms with Gasteiger partial charge >= 0.3 is 0 Å². The lowest BCUT2D eigenvalue weighted by Crippen LogP contribution is -2.54. The van der Waals surface area contributed by atoms with Gasteiger partial charge in [-0.05, 0) is 37.0 Å². The van der Waals surface area contributed by atoms with Gasteiger partial charge in [0.2, 0.25) is 5.75 Å². The summed E-state index contributed by atoms with van der Waals surface area (Å²) >= 11 is 0. The zero-order valence-electron chi connectivity index (χ0n) is 15.8. The molecule has 1 N–H and O–H groups in total. The topological polar surface area (TPSA) is 75.0 Å². The molecular formula is C20H28N2O4. The van der Waals surface area contributed by atoms with Gasteiger partial charge in [0.15, 0.2) is 11.5 Å². The van der Waals surface area contributed by atoms with Gasteiger partial charge < -0.3 is 19.3 Å². The number of nitrogens with zero attached hydrogens (tertiary/aromatic N) is 2. The maximum Gasteiger partial charge on any atom is 0.203 e. The van der Waals surface area contributed by atoms with E-state index in [1.54, 1.807) is 21.3 Å². The Balaban J connectivity index is 2.08. The Labute approximate surface area is 155 Å². The van der Waals surface area contributed by atoms with Crippen molar-refractivity contribution in [1.82, 2.24) is 4.90 Å². The summed E-state index contributed by atoms with van der Waals surface area (Å²) in [6, 6.07) is 6.15. The van der Waals surface area contributed by atoms with Crippen molar-refractivity contribution in [2.75, 3.05) is 34.4 Å². The Morgan fingerprint density at radius 2 is 1.85 bits per heavy atom. The van der Waals surface area contributed by atoms with Gasteiger partial charge in [-0.3, -0.25) is 4.90 Å². The van der Waals surface area contributed by atoms with Crippen LogP contribution < -0.4 is 14.2 Å². The number of ether oxygens (including phenoxy) is 3. The van der Waals surface area contributed by atoms with Crippen LogP contribution in [0.3, 0.4) is 0 Å². The Bertz CT molecular complexity index is 662. The zero-order valence-corrected chi connectivity index (χ0v) is 15.8. The minimum absolute atomic E-state index is 0.0394. The van der Waals surface area contributed by atoms with Crippen LogP contribution in [0.5, 0.6) is 17.2 Å². The predicted molar refractivity (Wildman–Crippen MR) is 97.5 cm³/mol. The van der Waals surface area contributed by atoms with Crippen molar-refractivity contribution in [1.29, 1.82) is 5.26 Å². The van der Waals surface area contributed by atoms with Gasteiger partial charge in [-0.25, -0.2) is 0 Å². The van der Waals surface area contributed by atoms with E-state index in [9.17, 15) is 10.4 Å². The number of fused-ring (bicyclic) bond motifs is 1. The Kier molecular flexibility index (Phi) is 5.59. The average molecular weight is 360 g/mol. The molecule has 1 aromatic rings. The fourth-order valence-electron chi connectivity index (χ4n) is 4.73. The van der Waals surface area contributed by atoms with E-state index < -0.39 is 5.60 Å². The van der Waals surface area contributed by atoms with E-state index in [0.29, 0.717) is 30.3 Å². The number of hydrogen-bond acceptors (Lipinski definition) is 6. The molecule has 142 valence electrons. The monoisotopic (exact) mass is 360 g/mol. The van der Waals surface area contributed by atoms with Crippen molar-refractivity contribution in [2.45, 2.75) is 43.7 Å². The molecule has 26 heavy (non-hydrogen) atoms. The molecule has 1 saturated heterocycles. The summed E-state index contributed by atoms with van der Waals surface area (Å²) in [5.74, 6) is 1.86. The van der Waals surface area contributed by atoms with Crippen molar-refractivity contribution >= 4 is 0 Å². The standard InChI is InChI=1S/C20H28N2O4/c1-24-16-12-14(13-17(25-2)19(16)26-3)18-15-6-4-5-7-20(15,23)8-10-22(18)11-9-21/h12-13,15,18,23H,4-8,10-11H2,1-3H3/t15-,18+,20-/m0/s1. The van der Waals surface area contributed by atoms with Crippen LogP contribution in [0.2, 0.25) is 0 Å². The van der Waals surface area contributed by atoms with Crippen molar-refractivity contribution < 1.29 is 19.3 Å².